The maximum absolute atomic E-state index is 14.7. The second-order valence-electron chi connectivity index (χ2n) is 16.5. The predicted octanol–water partition coefficient (Wildman–Crippen LogP) is 9.65. The van der Waals surface area contributed by atoms with Gasteiger partial charge in [0, 0.05) is 11.1 Å². The zero-order valence-electron chi connectivity index (χ0n) is 36.2. The van der Waals surface area contributed by atoms with E-state index in [1.807, 2.05) is 97.1 Å². The fourth-order valence-corrected chi connectivity index (χ4v) is 18.2. The van der Waals surface area contributed by atoms with Crippen molar-refractivity contribution < 1.29 is 18.5 Å². The Morgan fingerprint density at radius 3 is 0.896 bits per heavy atom. The molecule has 0 aliphatic carbocycles. The van der Waals surface area contributed by atoms with E-state index in [1.165, 1.54) is 0 Å². The molecule has 0 spiro atoms. The van der Waals surface area contributed by atoms with Gasteiger partial charge in [0.1, 0.15) is 0 Å². The van der Waals surface area contributed by atoms with Gasteiger partial charge in [-0.05, 0) is 64.8 Å². The lowest BCUT2D eigenvalue weighted by molar-refractivity contribution is 0.294. The van der Waals surface area contributed by atoms with Crippen molar-refractivity contribution in [1.82, 2.24) is 0 Å². The molecule has 1 aliphatic heterocycles. The van der Waals surface area contributed by atoms with Crippen molar-refractivity contribution in [3.63, 3.8) is 0 Å². The number of hydrogen-bond acceptors (Lipinski definition) is 3. The van der Waals surface area contributed by atoms with Gasteiger partial charge in [-0.2, -0.15) is 0 Å². The molecule has 67 heavy (non-hydrogen) atoms. The summed E-state index contributed by atoms with van der Waals surface area (Å²) in [5, 5.41) is 10.1. The Balaban J connectivity index is 1.22. The van der Waals surface area contributed by atoms with Crippen LogP contribution in [-0.4, -0.2) is 21.0 Å². The predicted molar refractivity (Wildman–Crippen MR) is 280 cm³/mol. The van der Waals surface area contributed by atoms with Crippen molar-refractivity contribution in [2.75, 3.05) is 0 Å². The van der Waals surface area contributed by atoms with Gasteiger partial charge in [0.25, 0.3) is 0 Å². The first-order valence-corrected chi connectivity index (χ1v) is 27.7. The van der Waals surface area contributed by atoms with Crippen LogP contribution in [0.1, 0.15) is 11.1 Å². The van der Waals surface area contributed by atoms with Crippen LogP contribution >= 0.6 is 7.82 Å². The minimum Gasteiger partial charge on any atom is -0.393 e. The normalized spacial score (nSPS) is 12.7. The molecule has 0 atom stereocenters. The summed E-state index contributed by atoms with van der Waals surface area (Å²) in [6.07, 6.45) is 0. The van der Waals surface area contributed by atoms with Gasteiger partial charge >= 0.3 is 7.82 Å². The molecule has 0 aromatic heterocycles. The number of hydrogen-bond donors (Lipinski definition) is 1. The Morgan fingerprint density at radius 1 is 0.358 bits per heavy atom. The van der Waals surface area contributed by atoms with Crippen molar-refractivity contribution >= 4 is 76.6 Å². The Hall–Kier alpha value is -7.94. The lowest BCUT2D eigenvalue weighted by Crippen LogP contribution is -2.66. The van der Waals surface area contributed by atoms with Crippen LogP contribution in [0.25, 0.3) is 32.7 Å². The van der Waals surface area contributed by atoms with Crippen molar-refractivity contribution in [3.8, 4) is 45.6 Å². The zero-order valence-corrected chi connectivity index (χ0v) is 39.1. The summed E-state index contributed by atoms with van der Waals surface area (Å²) >= 11 is 0. The van der Waals surface area contributed by atoms with Crippen LogP contribution in [0, 0.1) is 22.9 Å². The second kappa shape index (κ2) is 17.5. The molecule has 1 heterocycles. The van der Waals surface area contributed by atoms with Crippen LogP contribution in [0.15, 0.2) is 243 Å². The molecule has 10 aromatic rings. The van der Waals surface area contributed by atoms with E-state index in [1.54, 1.807) is 0 Å². The summed E-state index contributed by atoms with van der Waals surface area (Å²) in [5.41, 5.74) is 9.98. The van der Waals surface area contributed by atoms with E-state index in [9.17, 15) is 9.46 Å². The molecule has 4 nitrogen and oxygen atoms in total. The third-order valence-corrected chi connectivity index (χ3v) is 21.7. The van der Waals surface area contributed by atoms with Crippen LogP contribution in [0.2, 0.25) is 0 Å². The quantitative estimate of drug-likeness (QED) is 0.0782. The summed E-state index contributed by atoms with van der Waals surface area (Å²) in [6.45, 7) is 0. The Morgan fingerprint density at radius 2 is 0.612 bits per heavy atom. The van der Waals surface area contributed by atoms with Gasteiger partial charge in [0.2, 0.25) is 16.1 Å². The summed E-state index contributed by atoms with van der Waals surface area (Å²) in [6, 6.07) is 82.8. The smallest absolute Gasteiger partial charge is 0.393 e. The molecule has 0 fully saturated rings. The Bertz CT molecular complexity index is 3190. The molecule has 1 aliphatic rings. The first kappa shape index (κ1) is 41.7. The Kier molecular flexibility index (Phi) is 10.9. The standard InChI is InChI=1S/C60H41O4PSi2/c61-65(62)63-59-47(39-41-66(49-25-7-1-8-26-49,50-27-9-2-10-28-50)51-29-11-3-12-30-51)43-45-23-19-21-37-55(45)57(59)58-56-38-22-20-24-46(56)44-48(60(58)64-65)40-42-67(52-31-13-4-14-32-52,53-33-15-5-16-34-53)54-35-17-6-18-36-54/h1-38,43-44H,(H,61,62). The fourth-order valence-electron chi connectivity index (χ4n) is 9.66. The minimum atomic E-state index is -4.89. The zero-order chi connectivity index (χ0) is 45.3. The van der Waals surface area contributed by atoms with Gasteiger partial charge in [-0.15, -0.1) is 11.1 Å². The lowest BCUT2D eigenvalue weighted by Gasteiger charge is -2.28. The number of rotatable bonds is 6. The van der Waals surface area contributed by atoms with Crippen LogP contribution in [0.3, 0.4) is 0 Å². The van der Waals surface area contributed by atoms with E-state index in [2.05, 4.69) is 169 Å². The van der Waals surface area contributed by atoms with Crippen LogP contribution in [0.5, 0.6) is 11.5 Å². The van der Waals surface area contributed by atoms with E-state index < -0.39 is 24.0 Å². The summed E-state index contributed by atoms with van der Waals surface area (Å²) in [4.78, 5) is 12.0. The highest BCUT2D eigenvalue weighted by molar-refractivity contribution is 7.48. The summed E-state index contributed by atoms with van der Waals surface area (Å²) in [7, 11) is -11.1. The monoisotopic (exact) mass is 912 g/mol. The van der Waals surface area contributed by atoms with Crippen molar-refractivity contribution in [2.24, 2.45) is 0 Å². The SMILES string of the molecule is O=P1(O)Oc2c(C#C[Si](c3ccccc3)(c3ccccc3)c3ccccc3)cc3ccccc3c2-c2c(c(C#C[Si](c3ccccc3)(c3ccccc3)c3ccccc3)cc3ccccc23)O1. The molecule has 1 N–H and O–H groups in total. The summed E-state index contributed by atoms with van der Waals surface area (Å²) < 4.78 is 27.5. The molecule has 0 saturated heterocycles. The van der Waals surface area contributed by atoms with E-state index in [0.717, 1.165) is 52.7 Å². The number of phosphoric ester groups is 1. The number of phosphoric acid groups is 1. The highest BCUT2D eigenvalue weighted by Gasteiger charge is 2.41. The van der Waals surface area contributed by atoms with Gasteiger partial charge in [-0.1, -0.05) is 242 Å². The van der Waals surface area contributed by atoms with Gasteiger partial charge in [-0.3, -0.25) is 4.89 Å². The van der Waals surface area contributed by atoms with Crippen LogP contribution < -0.4 is 40.2 Å². The van der Waals surface area contributed by atoms with Crippen LogP contribution in [0.4, 0.5) is 0 Å². The molecule has 11 rings (SSSR count). The number of fused-ring (bicyclic) bond motifs is 7. The topological polar surface area (TPSA) is 55.8 Å². The van der Waals surface area contributed by atoms with Gasteiger partial charge in [0.15, 0.2) is 11.5 Å². The average Bonchev–Trinajstić information content (AvgIpc) is 3.52. The van der Waals surface area contributed by atoms with Crippen molar-refractivity contribution in [2.45, 2.75) is 0 Å². The summed E-state index contributed by atoms with van der Waals surface area (Å²) in [5.74, 6) is 7.64. The molecule has 0 radical (unpaired) electrons. The Labute approximate surface area is 392 Å². The minimum absolute atomic E-state index is 0.185. The van der Waals surface area contributed by atoms with E-state index in [-0.39, 0.29) is 11.5 Å². The lowest BCUT2D eigenvalue weighted by atomic mass is 9.89. The van der Waals surface area contributed by atoms with Gasteiger partial charge < -0.3 is 9.05 Å². The molecule has 0 bridgehead atoms. The van der Waals surface area contributed by atoms with Crippen LogP contribution in [-0.2, 0) is 4.57 Å². The molecule has 0 amide bonds. The van der Waals surface area contributed by atoms with Gasteiger partial charge in [0.05, 0.1) is 11.1 Å². The van der Waals surface area contributed by atoms with E-state index in [0.29, 0.717) is 22.3 Å². The first-order valence-electron chi connectivity index (χ1n) is 22.2. The van der Waals surface area contributed by atoms with E-state index in [4.69, 9.17) is 9.05 Å². The highest BCUT2D eigenvalue weighted by Crippen LogP contribution is 2.58. The molecule has 0 saturated carbocycles. The molecule has 7 heteroatoms. The maximum Gasteiger partial charge on any atom is 0.585 e. The number of benzene rings is 10. The molecule has 10 aromatic carbocycles. The fraction of sp³-hybridized carbons (Fsp3) is 0. The first-order chi connectivity index (χ1) is 32.9. The average molecular weight is 913 g/mol. The van der Waals surface area contributed by atoms with Gasteiger partial charge in [-0.25, -0.2) is 4.57 Å². The van der Waals surface area contributed by atoms with Crippen molar-refractivity contribution in [1.29, 1.82) is 0 Å². The third-order valence-electron chi connectivity index (χ3n) is 12.7. The maximum atomic E-state index is 14.7. The molecule has 0 unspecified atom stereocenters. The van der Waals surface area contributed by atoms with E-state index >= 15 is 0 Å². The van der Waals surface area contributed by atoms with Crippen molar-refractivity contribution in [3.05, 3.63) is 254 Å². The molecule has 318 valence electrons. The second-order valence-corrected chi connectivity index (χ2v) is 24.8. The third kappa shape index (κ3) is 7.49. The highest BCUT2D eigenvalue weighted by atomic mass is 31.2. The molecular formula is C60H41O4PSi2. The largest absolute Gasteiger partial charge is 0.585 e. The molecular weight excluding hydrogens is 872 g/mol.